The van der Waals surface area contributed by atoms with Gasteiger partial charge in [0.2, 0.25) is 0 Å². The number of anilines is 2. The van der Waals surface area contributed by atoms with Gasteiger partial charge in [0.25, 0.3) is 0 Å². The largest absolute Gasteiger partial charge is 0.489 e. The van der Waals surface area contributed by atoms with E-state index in [0.29, 0.717) is 17.9 Å². The molecule has 0 atom stereocenters. The molecule has 0 unspecified atom stereocenters. The van der Waals surface area contributed by atoms with Gasteiger partial charge in [-0.15, -0.1) is 0 Å². The number of nitrogens with zero attached hydrogens (tertiary/aromatic N) is 1. The number of hydrogen-bond donors (Lipinski definition) is 1. The molecule has 5 heteroatoms. The molecule has 0 saturated heterocycles. The van der Waals surface area contributed by atoms with Crippen molar-refractivity contribution in [2.24, 2.45) is 0 Å². The van der Waals surface area contributed by atoms with Crippen LogP contribution in [0.2, 0.25) is 0 Å². The summed E-state index contributed by atoms with van der Waals surface area (Å²) < 4.78 is 20.1. The second-order valence-corrected chi connectivity index (χ2v) is 7.10. The van der Waals surface area contributed by atoms with Crippen LogP contribution in [0.5, 0.6) is 5.75 Å². The third-order valence-electron chi connectivity index (χ3n) is 5.17. The van der Waals surface area contributed by atoms with Crippen LogP contribution in [-0.4, -0.2) is 17.6 Å². The zero-order chi connectivity index (χ0) is 20.2. The number of halogens is 1. The van der Waals surface area contributed by atoms with Gasteiger partial charge in [0.1, 0.15) is 18.2 Å². The fourth-order valence-corrected chi connectivity index (χ4v) is 3.74. The summed E-state index contributed by atoms with van der Waals surface area (Å²) in [5.41, 5.74) is 5.03. The van der Waals surface area contributed by atoms with Gasteiger partial charge in [-0.1, -0.05) is 42.5 Å². The van der Waals surface area contributed by atoms with Crippen molar-refractivity contribution >= 4 is 17.3 Å². The van der Waals surface area contributed by atoms with Crippen LogP contribution in [0.3, 0.4) is 0 Å². The minimum absolute atomic E-state index is 0.0946. The minimum Gasteiger partial charge on any atom is -0.489 e. The Morgan fingerprint density at radius 2 is 1.86 bits per heavy atom. The van der Waals surface area contributed by atoms with Gasteiger partial charge in [-0.2, -0.15) is 0 Å². The summed E-state index contributed by atoms with van der Waals surface area (Å²) in [4.78, 5) is 13.0. The van der Waals surface area contributed by atoms with Gasteiger partial charge in [0.05, 0.1) is 5.69 Å². The summed E-state index contributed by atoms with van der Waals surface area (Å²) in [6.45, 7) is 1.25. The number of ether oxygens (including phenoxy) is 1. The van der Waals surface area contributed by atoms with E-state index in [4.69, 9.17) is 9.84 Å². The highest BCUT2D eigenvalue weighted by Crippen LogP contribution is 2.37. The van der Waals surface area contributed by atoms with Crippen molar-refractivity contribution in [3.05, 3.63) is 89.2 Å². The fraction of sp³-hybridized carbons (Fsp3) is 0.208. The average molecular weight is 391 g/mol. The van der Waals surface area contributed by atoms with E-state index < -0.39 is 11.8 Å². The van der Waals surface area contributed by atoms with Crippen LogP contribution in [0.25, 0.3) is 0 Å². The standard InChI is InChI=1S/C24H22FNO3/c25-22-15-21(11-9-17(22)10-12-23(27)28)29-16-19-6-4-5-18-13-14-26(24(18)19)20-7-2-1-3-8-20/h1-9,11,15H,10,12-14,16H2,(H,27,28). The maximum absolute atomic E-state index is 14.2. The van der Waals surface area contributed by atoms with Crippen molar-refractivity contribution in [2.45, 2.75) is 25.9 Å². The van der Waals surface area contributed by atoms with Crippen molar-refractivity contribution in [1.29, 1.82) is 0 Å². The van der Waals surface area contributed by atoms with Gasteiger partial charge >= 0.3 is 5.97 Å². The predicted molar refractivity (Wildman–Crippen MR) is 110 cm³/mol. The van der Waals surface area contributed by atoms with Gasteiger partial charge in [0.15, 0.2) is 0 Å². The lowest BCUT2D eigenvalue weighted by Crippen LogP contribution is -2.15. The van der Waals surface area contributed by atoms with Crippen LogP contribution in [-0.2, 0) is 24.2 Å². The summed E-state index contributed by atoms with van der Waals surface area (Å²) in [6.07, 6.45) is 1.05. The molecular weight excluding hydrogens is 369 g/mol. The van der Waals surface area contributed by atoms with E-state index in [2.05, 4.69) is 23.1 Å². The van der Waals surface area contributed by atoms with Gasteiger partial charge in [0, 0.05) is 30.3 Å². The molecule has 148 valence electrons. The van der Waals surface area contributed by atoms with E-state index in [1.807, 2.05) is 30.3 Å². The van der Waals surface area contributed by atoms with E-state index >= 15 is 0 Å². The molecular formula is C24H22FNO3. The van der Waals surface area contributed by atoms with Crippen LogP contribution in [0, 0.1) is 5.82 Å². The van der Waals surface area contributed by atoms with Crippen LogP contribution >= 0.6 is 0 Å². The minimum atomic E-state index is -0.939. The number of aliphatic carboxylic acids is 1. The number of aryl methyl sites for hydroxylation is 1. The lowest BCUT2D eigenvalue weighted by Gasteiger charge is -2.22. The monoisotopic (exact) mass is 391 g/mol. The number of benzene rings is 3. The molecule has 1 aliphatic heterocycles. The summed E-state index contributed by atoms with van der Waals surface area (Å²) in [6, 6.07) is 21.1. The summed E-state index contributed by atoms with van der Waals surface area (Å²) in [5.74, 6) is -0.943. The highest BCUT2D eigenvalue weighted by Gasteiger charge is 2.23. The van der Waals surface area contributed by atoms with E-state index in [-0.39, 0.29) is 12.8 Å². The highest BCUT2D eigenvalue weighted by atomic mass is 19.1. The molecule has 3 aromatic rings. The van der Waals surface area contributed by atoms with Crippen molar-refractivity contribution < 1.29 is 19.0 Å². The Morgan fingerprint density at radius 3 is 2.62 bits per heavy atom. The quantitative estimate of drug-likeness (QED) is 0.608. The first kappa shape index (κ1) is 19.0. The number of para-hydroxylation sites is 2. The highest BCUT2D eigenvalue weighted by molar-refractivity contribution is 5.73. The molecule has 0 aliphatic carbocycles. The maximum Gasteiger partial charge on any atom is 0.303 e. The second kappa shape index (κ2) is 8.35. The molecule has 29 heavy (non-hydrogen) atoms. The molecule has 0 radical (unpaired) electrons. The Hall–Kier alpha value is -3.34. The molecule has 0 spiro atoms. The number of hydrogen-bond acceptors (Lipinski definition) is 3. The van der Waals surface area contributed by atoms with Gasteiger partial charge in [-0.3, -0.25) is 4.79 Å². The SMILES string of the molecule is O=C(O)CCc1ccc(OCc2cccc3c2N(c2ccccc2)CC3)cc1F. The normalized spacial score (nSPS) is 12.7. The maximum atomic E-state index is 14.2. The summed E-state index contributed by atoms with van der Waals surface area (Å²) in [5, 5.41) is 8.76. The predicted octanol–water partition coefficient (Wildman–Crippen LogP) is 5.12. The Morgan fingerprint density at radius 1 is 1.03 bits per heavy atom. The van der Waals surface area contributed by atoms with Crippen LogP contribution in [0.15, 0.2) is 66.7 Å². The Labute approximate surface area is 169 Å². The molecule has 1 N–H and O–H groups in total. The first-order valence-electron chi connectivity index (χ1n) is 9.68. The topological polar surface area (TPSA) is 49.8 Å². The molecule has 4 nitrogen and oxygen atoms in total. The lowest BCUT2D eigenvalue weighted by molar-refractivity contribution is -0.136. The zero-order valence-corrected chi connectivity index (χ0v) is 16.0. The molecule has 4 rings (SSSR count). The van der Waals surface area contributed by atoms with E-state index in [1.54, 1.807) is 12.1 Å². The van der Waals surface area contributed by atoms with Gasteiger partial charge in [-0.05, 0) is 42.2 Å². The zero-order valence-electron chi connectivity index (χ0n) is 16.0. The first-order chi connectivity index (χ1) is 14.1. The molecule has 0 amide bonds. The number of fused-ring (bicyclic) bond motifs is 1. The average Bonchev–Trinajstić information content (AvgIpc) is 3.17. The van der Waals surface area contributed by atoms with Crippen molar-refractivity contribution in [2.75, 3.05) is 11.4 Å². The second-order valence-electron chi connectivity index (χ2n) is 7.10. The lowest BCUT2D eigenvalue weighted by atomic mass is 10.1. The Bertz CT molecular complexity index is 1020. The van der Waals surface area contributed by atoms with Crippen molar-refractivity contribution in [1.82, 2.24) is 0 Å². The Kier molecular flexibility index (Phi) is 5.47. The molecule has 0 aromatic heterocycles. The molecule has 0 bridgehead atoms. The van der Waals surface area contributed by atoms with Crippen LogP contribution in [0.4, 0.5) is 15.8 Å². The van der Waals surface area contributed by atoms with E-state index in [1.165, 1.54) is 11.6 Å². The fourth-order valence-electron chi connectivity index (χ4n) is 3.74. The molecule has 0 saturated carbocycles. The smallest absolute Gasteiger partial charge is 0.303 e. The molecule has 0 fully saturated rings. The summed E-state index contributed by atoms with van der Waals surface area (Å²) in [7, 11) is 0. The first-order valence-corrected chi connectivity index (χ1v) is 9.68. The van der Waals surface area contributed by atoms with Crippen LogP contribution < -0.4 is 9.64 Å². The van der Waals surface area contributed by atoms with Gasteiger partial charge in [-0.25, -0.2) is 4.39 Å². The number of carboxylic acid groups (broad SMARTS) is 1. The van der Waals surface area contributed by atoms with E-state index in [9.17, 15) is 9.18 Å². The number of carboxylic acids is 1. The van der Waals surface area contributed by atoms with Crippen molar-refractivity contribution in [3.63, 3.8) is 0 Å². The number of rotatable bonds is 7. The van der Waals surface area contributed by atoms with Crippen molar-refractivity contribution in [3.8, 4) is 5.75 Å². The Balaban J connectivity index is 1.51. The molecule has 1 aliphatic rings. The van der Waals surface area contributed by atoms with E-state index in [0.717, 1.165) is 29.9 Å². The number of carbonyl (C=O) groups is 1. The summed E-state index contributed by atoms with van der Waals surface area (Å²) >= 11 is 0. The molecule has 3 aromatic carbocycles. The third kappa shape index (κ3) is 4.24. The third-order valence-corrected chi connectivity index (χ3v) is 5.17. The van der Waals surface area contributed by atoms with Gasteiger partial charge < -0.3 is 14.7 Å². The molecule has 1 heterocycles. The van der Waals surface area contributed by atoms with Crippen LogP contribution in [0.1, 0.15) is 23.1 Å².